The lowest BCUT2D eigenvalue weighted by Gasteiger charge is -2.39. The van der Waals surface area contributed by atoms with E-state index in [1.807, 2.05) is 19.1 Å². The van der Waals surface area contributed by atoms with Gasteiger partial charge in [-0.3, -0.25) is 20.1 Å². The first-order valence-electron chi connectivity index (χ1n) is 7.02. The molecular formula is C16H15N5OS. The molecule has 0 aliphatic carbocycles. The number of carbonyl (C=O) groups is 1. The summed E-state index contributed by atoms with van der Waals surface area (Å²) >= 11 is 1.40. The van der Waals surface area contributed by atoms with Crippen molar-refractivity contribution in [3.8, 4) is 16.5 Å². The fourth-order valence-electron chi connectivity index (χ4n) is 2.54. The minimum absolute atomic E-state index is 0.0806. The summed E-state index contributed by atoms with van der Waals surface area (Å²) in [6.07, 6.45) is 3.70. The van der Waals surface area contributed by atoms with Crippen LogP contribution in [0.25, 0.3) is 10.4 Å². The standard InChI is InChI=1S/C16H15N5OS/c1-16(6-14(22)21(2)15(18)20-16)11-5-10(8-19-9-11)13-4-3-12(7-17)23-13/h3-5,8-9H,6H2,1-2H3,(H2,18,20)/t16-/m0/s1. The minimum Gasteiger partial charge on any atom is -0.346 e. The third-order valence-corrected chi connectivity index (χ3v) is 5.02. The van der Waals surface area contributed by atoms with Crippen molar-refractivity contribution >= 4 is 23.2 Å². The van der Waals surface area contributed by atoms with Crippen LogP contribution in [-0.4, -0.2) is 28.8 Å². The van der Waals surface area contributed by atoms with Crippen molar-refractivity contribution in [2.24, 2.45) is 0 Å². The van der Waals surface area contributed by atoms with E-state index in [1.54, 1.807) is 25.5 Å². The molecule has 6 nitrogen and oxygen atoms in total. The van der Waals surface area contributed by atoms with Crippen molar-refractivity contribution in [1.29, 1.82) is 10.7 Å². The molecule has 0 unspecified atom stereocenters. The number of pyridine rings is 1. The number of thiophene rings is 1. The van der Waals surface area contributed by atoms with Crippen LogP contribution >= 0.6 is 11.3 Å². The van der Waals surface area contributed by atoms with Gasteiger partial charge in [0.15, 0.2) is 5.96 Å². The second kappa shape index (κ2) is 5.48. The zero-order valence-corrected chi connectivity index (χ0v) is 13.6. The maximum absolute atomic E-state index is 12.1. The summed E-state index contributed by atoms with van der Waals surface area (Å²) in [5.41, 5.74) is 1.07. The second-order valence-electron chi connectivity index (χ2n) is 5.67. The van der Waals surface area contributed by atoms with Crippen molar-refractivity contribution in [2.45, 2.75) is 18.9 Å². The fraction of sp³-hybridized carbons (Fsp3) is 0.250. The number of carbonyl (C=O) groups excluding carboxylic acids is 1. The van der Waals surface area contributed by atoms with Gasteiger partial charge >= 0.3 is 0 Å². The molecule has 1 atom stereocenters. The maximum atomic E-state index is 12.1. The lowest BCUT2D eigenvalue weighted by Crippen LogP contribution is -2.58. The van der Waals surface area contributed by atoms with Crippen LogP contribution in [0.4, 0.5) is 0 Å². The summed E-state index contributed by atoms with van der Waals surface area (Å²) in [5.74, 6) is -0.0263. The molecule has 0 bridgehead atoms. The molecule has 2 N–H and O–H groups in total. The Hall–Kier alpha value is -2.72. The molecule has 2 aromatic heterocycles. The number of rotatable bonds is 2. The van der Waals surface area contributed by atoms with E-state index in [9.17, 15) is 4.79 Å². The van der Waals surface area contributed by atoms with E-state index in [0.717, 1.165) is 16.0 Å². The van der Waals surface area contributed by atoms with Crippen molar-refractivity contribution in [3.05, 3.63) is 41.0 Å². The zero-order valence-electron chi connectivity index (χ0n) is 12.8. The molecule has 7 heteroatoms. The Morgan fingerprint density at radius 3 is 2.91 bits per heavy atom. The van der Waals surface area contributed by atoms with E-state index in [0.29, 0.717) is 4.88 Å². The first-order chi connectivity index (χ1) is 10.9. The Bertz CT molecular complexity index is 817. The Morgan fingerprint density at radius 2 is 2.26 bits per heavy atom. The van der Waals surface area contributed by atoms with Crippen molar-refractivity contribution in [3.63, 3.8) is 0 Å². The van der Waals surface area contributed by atoms with E-state index in [1.165, 1.54) is 16.2 Å². The molecule has 0 radical (unpaired) electrons. The van der Waals surface area contributed by atoms with Gasteiger partial charge in [0.2, 0.25) is 5.91 Å². The summed E-state index contributed by atoms with van der Waals surface area (Å²) in [4.78, 5) is 19.3. The quantitative estimate of drug-likeness (QED) is 0.886. The molecule has 1 amide bonds. The molecule has 0 aromatic carbocycles. The van der Waals surface area contributed by atoms with Crippen LogP contribution in [0.2, 0.25) is 0 Å². The molecule has 0 saturated carbocycles. The van der Waals surface area contributed by atoms with Gasteiger partial charge in [0.1, 0.15) is 10.9 Å². The van der Waals surface area contributed by atoms with E-state index in [4.69, 9.17) is 10.7 Å². The van der Waals surface area contributed by atoms with Gasteiger partial charge in [-0.15, -0.1) is 11.3 Å². The highest BCUT2D eigenvalue weighted by molar-refractivity contribution is 7.16. The van der Waals surface area contributed by atoms with Crippen LogP contribution in [0, 0.1) is 16.7 Å². The van der Waals surface area contributed by atoms with Gasteiger partial charge < -0.3 is 5.32 Å². The molecule has 3 heterocycles. The Balaban J connectivity index is 1.98. The minimum atomic E-state index is -0.668. The number of aromatic nitrogens is 1. The topological polar surface area (TPSA) is 92.9 Å². The number of nitriles is 1. The predicted molar refractivity (Wildman–Crippen MR) is 87.9 cm³/mol. The Kier molecular flexibility index (Phi) is 3.62. The second-order valence-corrected chi connectivity index (χ2v) is 6.76. The summed E-state index contributed by atoms with van der Waals surface area (Å²) < 4.78 is 0. The highest BCUT2D eigenvalue weighted by Crippen LogP contribution is 2.33. The lowest BCUT2D eigenvalue weighted by molar-refractivity contribution is -0.129. The molecule has 23 heavy (non-hydrogen) atoms. The lowest BCUT2D eigenvalue weighted by atomic mass is 9.87. The highest BCUT2D eigenvalue weighted by Gasteiger charge is 2.38. The molecule has 116 valence electrons. The van der Waals surface area contributed by atoms with Crippen molar-refractivity contribution in [1.82, 2.24) is 15.2 Å². The average Bonchev–Trinajstić information content (AvgIpc) is 3.02. The number of guanidine groups is 1. The predicted octanol–water partition coefficient (Wildman–Crippen LogP) is 2.28. The molecular weight excluding hydrogens is 310 g/mol. The number of nitrogens with zero attached hydrogens (tertiary/aromatic N) is 3. The van der Waals surface area contributed by atoms with Gasteiger partial charge in [0, 0.05) is 29.9 Å². The number of amides is 1. The Labute approximate surface area is 137 Å². The molecule has 1 fully saturated rings. The fourth-order valence-corrected chi connectivity index (χ4v) is 3.32. The zero-order chi connectivity index (χ0) is 16.6. The smallest absolute Gasteiger partial charge is 0.231 e. The SMILES string of the molecule is CN1C(=N)N[C@](C)(c2cncc(-c3ccc(C#N)s3)c2)CC1=O. The van der Waals surface area contributed by atoms with E-state index >= 15 is 0 Å². The Morgan fingerprint density at radius 1 is 1.48 bits per heavy atom. The number of hydrogen-bond acceptors (Lipinski definition) is 5. The van der Waals surface area contributed by atoms with Gasteiger partial charge in [-0.2, -0.15) is 5.26 Å². The van der Waals surface area contributed by atoms with Gasteiger partial charge in [-0.1, -0.05) is 0 Å². The molecule has 0 spiro atoms. The summed E-state index contributed by atoms with van der Waals surface area (Å²) in [6, 6.07) is 7.75. The van der Waals surface area contributed by atoms with Gasteiger partial charge in [-0.25, -0.2) is 0 Å². The molecule has 2 aromatic rings. The molecule has 3 rings (SSSR count). The maximum Gasteiger partial charge on any atom is 0.231 e. The monoisotopic (exact) mass is 325 g/mol. The number of hydrogen-bond donors (Lipinski definition) is 2. The van der Waals surface area contributed by atoms with Crippen molar-refractivity contribution < 1.29 is 4.79 Å². The van der Waals surface area contributed by atoms with Crippen LogP contribution in [0.1, 0.15) is 23.8 Å². The molecule has 1 aliphatic heterocycles. The van der Waals surface area contributed by atoms with Crippen LogP contribution in [-0.2, 0) is 10.3 Å². The van der Waals surface area contributed by atoms with E-state index < -0.39 is 5.54 Å². The van der Waals surface area contributed by atoms with Gasteiger partial charge in [-0.05, 0) is 30.7 Å². The van der Waals surface area contributed by atoms with E-state index in [2.05, 4.69) is 16.4 Å². The number of nitrogens with one attached hydrogen (secondary N) is 2. The summed E-state index contributed by atoms with van der Waals surface area (Å²) in [5, 5.41) is 19.9. The van der Waals surface area contributed by atoms with Gasteiger partial charge in [0.25, 0.3) is 0 Å². The van der Waals surface area contributed by atoms with Crippen LogP contribution in [0.5, 0.6) is 0 Å². The normalized spacial score (nSPS) is 21.0. The average molecular weight is 325 g/mol. The highest BCUT2D eigenvalue weighted by atomic mass is 32.1. The molecule has 1 aliphatic rings. The van der Waals surface area contributed by atoms with Crippen LogP contribution < -0.4 is 5.32 Å². The third-order valence-electron chi connectivity index (χ3n) is 3.98. The first-order valence-corrected chi connectivity index (χ1v) is 7.84. The molecule has 1 saturated heterocycles. The van der Waals surface area contributed by atoms with Crippen LogP contribution in [0.3, 0.4) is 0 Å². The summed E-state index contributed by atoms with van der Waals surface area (Å²) in [6.45, 7) is 1.89. The van der Waals surface area contributed by atoms with E-state index in [-0.39, 0.29) is 18.3 Å². The van der Waals surface area contributed by atoms with Gasteiger partial charge in [0.05, 0.1) is 12.0 Å². The van der Waals surface area contributed by atoms with Crippen molar-refractivity contribution in [2.75, 3.05) is 7.05 Å². The first kappa shape index (κ1) is 15.2. The third kappa shape index (κ3) is 2.69. The van der Waals surface area contributed by atoms with Crippen LogP contribution in [0.15, 0.2) is 30.6 Å². The largest absolute Gasteiger partial charge is 0.346 e. The summed E-state index contributed by atoms with van der Waals surface area (Å²) in [7, 11) is 1.58.